The molecule has 1 rings (SSSR count). The van der Waals surface area contributed by atoms with Gasteiger partial charge in [0.2, 0.25) is 5.91 Å². The molecule has 0 spiro atoms. The van der Waals surface area contributed by atoms with Crippen LogP contribution >= 0.6 is 0 Å². The lowest BCUT2D eigenvalue weighted by Gasteiger charge is -2.07. The second-order valence-corrected chi connectivity index (χ2v) is 8.90. The molecule has 1 aromatic rings. The molecule has 0 saturated heterocycles. The average molecular weight is 533 g/mol. The summed E-state index contributed by atoms with van der Waals surface area (Å²) < 4.78 is 0. The van der Waals surface area contributed by atoms with Gasteiger partial charge in [-0.3, -0.25) is 14.6 Å². The zero-order chi connectivity index (χ0) is 28.1. The number of aromatic nitrogens is 1. The van der Waals surface area contributed by atoms with Crippen molar-refractivity contribution in [1.29, 1.82) is 0 Å². The molecule has 0 aromatic carbocycles. The highest BCUT2D eigenvalue weighted by molar-refractivity contribution is 5.93. The van der Waals surface area contributed by atoms with Gasteiger partial charge in [-0.05, 0) is 70.0 Å². The van der Waals surface area contributed by atoms with Crippen molar-refractivity contribution in [3.63, 3.8) is 0 Å². The summed E-state index contributed by atoms with van der Waals surface area (Å²) in [6.07, 6.45) is 37.4. The van der Waals surface area contributed by atoms with E-state index in [-0.39, 0.29) is 11.8 Å². The van der Waals surface area contributed by atoms with E-state index >= 15 is 0 Å². The van der Waals surface area contributed by atoms with Crippen molar-refractivity contribution in [2.24, 2.45) is 0 Å². The average Bonchev–Trinajstić information content (AvgIpc) is 2.96. The molecule has 0 aliphatic rings. The van der Waals surface area contributed by atoms with Gasteiger partial charge < -0.3 is 16.0 Å². The first kappa shape index (κ1) is 33.5. The van der Waals surface area contributed by atoms with E-state index in [1.54, 1.807) is 24.5 Å². The van der Waals surface area contributed by atoms with Gasteiger partial charge in [0, 0.05) is 38.4 Å². The summed E-state index contributed by atoms with van der Waals surface area (Å²) in [5.74, 6) is -0.0395. The van der Waals surface area contributed by atoms with Crippen LogP contribution in [-0.2, 0) is 4.79 Å². The Hall–Kier alpha value is -3.51. The monoisotopic (exact) mass is 532 g/mol. The van der Waals surface area contributed by atoms with Gasteiger partial charge in [0.05, 0.1) is 5.56 Å². The van der Waals surface area contributed by atoms with E-state index in [0.29, 0.717) is 31.6 Å². The maximum absolute atomic E-state index is 11.9. The molecule has 1 heterocycles. The molecule has 0 saturated carbocycles. The molecule has 6 nitrogen and oxygen atoms in total. The molecule has 0 atom stereocenters. The van der Waals surface area contributed by atoms with E-state index in [9.17, 15) is 9.59 Å². The van der Waals surface area contributed by atoms with Crippen LogP contribution in [0.3, 0.4) is 0 Å². The van der Waals surface area contributed by atoms with Crippen LogP contribution in [0.1, 0.15) is 75.1 Å². The van der Waals surface area contributed by atoms with E-state index in [0.717, 1.165) is 57.9 Å². The Labute approximate surface area is 236 Å². The molecule has 0 unspecified atom stereocenters. The molecule has 3 N–H and O–H groups in total. The third kappa shape index (κ3) is 22.2. The standard InChI is InChI=1S/C33H48N4O2/c1-2-3-4-5-6-7-8-9-10-11-12-13-14-15-16-17-18-19-20-24-32(38)36-27-22-26-34-28-29-37-33(39)31-23-21-25-35-30-31/h3-4,6-7,9-10,12-13,15-16,18-19,21,23,25,30,34H,2,5,8,11,14,17,20,22,24,26-29H2,1H3,(H,36,38)(H,37,39). The number of hydrogen-bond donors (Lipinski definition) is 3. The Balaban J connectivity index is 1.89. The second kappa shape index (κ2) is 26.1. The molecule has 2 amide bonds. The maximum Gasteiger partial charge on any atom is 0.252 e. The van der Waals surface area contributed by atoms with Crippen LogP contribution in [0.5, 0.6) is 0 Å². The maximum atomic E-state index is 11.9. The fourth-order valence-corrected chi connectivity index (χ4v) is 3.37. The van der Waals surface area contributed by atoms with Crippen LogP contribution in [0.15, 0.2) is 97.4 Å². The zero-order valence-electron chi connectivity index (χ0n) is 23.7. The summed E-state index contributed by atoms with van der Waals surface area (Å²) >= 11 is 0. The van der Waals surface area contributed by atoms with Gasteiger partial charge in [0.25, 0.3) is 5.91 Å². The van der Waals surface area contributed by atoms with Gasteiger partial charge in [-0.1, -0.05) is 79.8 Å². The molecule has 0 radical (unpaired) electrons. The highest BCUT2D eigenvalue weighted by atomic mass is 16.2. The van der Waals surface area contributed by atoms with Crippen molar-refractivity contribution in [1.82, 2.24) is 20.9 Å². The fraction of sp³-hybridized carbons (Fsp3) is 0.424. The third-order valence-electron chi connectivity index (χ3n) is 5.50. The minimum Gasteiger partial charge on any atom is -0.356 e. The predicted molar refractivity (Wildman–Crippen MR) is 165 cm³/mol. The van der Waals surface area contributed by atoms with Gasteiger partial charge in [0.15, 0.2) is 0 Å². The lowest BCUT2D eigenvalue weighted by Crippen LogP contribution is -2.33. The van der Waals surface area contributed by atoms with Gasteiger partial charge in [-0.25, -0.2) is 0 Å². The normalized spacial score (nSPS) is 12.2. The number of carbonyl (C=O) groups excluding carboxylic acids is 2. The first-order valence-electron chi connectivity index (χ1n) is 14.3. The number of rotatable bonds is 22. The number of pyridine rings is 1. The topological polar surface area (TPSA) is 83.1 Å². The molecule has 0 bridgehead atoms. The summed E-state index contributed by atoms with van der Waals surface area (Å²) in [5, 5.41) is 9.06. The van der Waals surface area contributed by atoms with Crippen molar-refractivity contribution in [2.45, 2.75) is 64.7 Å². The molecular formula is C33H48N4O2. The first-order valence-corrected chi connectivity index (χ1v) is 14.3. The van der Waals surface area contributed by atoms with Crippen molar-refractivity contribution in [3.05, 3.63) is 103 Å². The zero-order valence-corrected chi connectivity index (χ0v) is 23.7. The van der Waals surface area contributed by atoms with E-state index in [1.807, 2.05) is 0 Å². The number of allylic oxidation sites excluding steroid dienone is 12. The molecule has 0 aliphatic heterocycles. The number of hydrogen-bond acceptors (Lipinski definition) is 4. The molecule has 39 heavy (non-hydrogen) atoms. The number of nitrogens with one attached hydrogen (secondary N) is 3. The van der Waals surface area contributed by atoms with Gasteiger partial charge >= 0.3 is 0 Å². The Kier molecular flexibility index (Phi) is 22.4. The van der Waals surface area contributed by atoms with E-state index < -0.39 is 0 Å². The largest absolute Gasteiger partial charge is 0.356 e. The van der Waals surface area contributed by atoms with Crippen LogP contribution in [0.2, 0.25) is 0 Å². The molecule has 1 aromatic heterocycles. The molecule has 6 heteroatoms. The lowest BCUT2D eigenvalue weighted by molar-refractivity contribution is -0.121. The highest BCUT2D eigenvalue weighted by Gasteiger charge is 2.03. The van der Waals surface area contributed by atoms with Gasteiger partial charge in [0.1, 0.15) is 0 Å². The van der Waals surface area contributed by atoms with Crippen LogP contribution in [0.25, 0.3) is 0 Å². The van der Waals surface area contributed by atoms with Crippen molar-refractivity contribution >= 4 is 11.8 Å². The SMILES string of the molecule is CCC=CCC=CCC=CCC=CCC=CCC=CCCC(=O)NCCCNCCNC(=O)c1cccnc1. The van der Waals surface area contributed by atoms with Gasteiger partial charge in [-0.15, -0.1) is 0 Å². The molecule has 212 valence electrons. The van der Waals surface area contributed by atoms with E-state index in [4.69, 9.17) is 0 Å². The van der Waals surface area contributed by atoms with Crippen LogP contribution in [0, 0.1) is 0 Å². The summed E-state index contributed by atoms with van der Waals surface area (Å²) in [4.78, 5) is 27.7. The van der Waals surface area contributed by atoms with E-state index in [1.165, 1.54) is 0 Å². The second-order valence-electron chi connectivity index (χ2n) is 8.90. The predicted octanol–water partition coefficient (Wildman–Crippen LogP) is 6.39. The number of amides is 2. The van der Waals surface area contributed by atoms with Crippen LogP contribution in [-0.4, -0.2) is 43.0 Å². The van der Waals surface area contributed by atoms with Crippen molar-refractivity contribution < 1.29 is 9.59 Å². The highest BCUT2D eigenvalue weighted by Crippen LogP contribution is 1.98. The Bertz CT molecular complexity index is 930. The smallest absolute Gasteiger partial charge is 0.252 e. The van der Waals surface area contributed by atoms with Crippen molar-refractivity contribution in [3.8, 4) is 0 Å². The first-order chi connectivity index (χ1) is 19.2. The van der Waals surface area contributed by atoms with Crippen LogP contribution < -0.4 is 16.0 Å². The quantitative estimate of drug-likeness (QED) is 0.119. The van der Waals surface area contributed by atoms with Gasteiger partial charge in [-0.2, -0.15) is 0 Å². The van der Waals surface area contributed by atoms with Crippen molar-refractivity contribution in [2.75, 3.05) is 26.2 Å². The molecule has 0 aliphatic carbocycles. The number of nitrogens with zero attached hydrogens (tertiary/aromatic N) is 1. The Morgan fingerprint density at radius 1 is 0.718 bits per heavy atom. The summed E-state index contributed by atoms with van der Waals surface area (Å²) in [7, 11) is 0. The number of carbonyl (C=O) groups is 2. The summed E-state index contributed by atoms with van der Waals surface area (Å²) in [5.41, 5.74) is 0.559. The Morgan fingerprint density at radius 3 is 1.87 bits per heavy atom. The fourth-order valence-electron chi connectivity index (χ4n) is 3.37. The summed E-state index contributed by atoms with van der Waals surface area (Å²) in [6, 6.07) is 3.48. The van der Waals surface area contributed by atoms with Crippen LogP contribution in [0.4, 0.5) is 0 Å². The Morgan fingerprint density at radius 2 is 1.31 bits per heavy atom. The molecule has 0 fully saturated rings. The third-order valence-corrected chi connectivity index (χ3v) is 5.50. The lowest BCUT2D eigenvalue weighted by atomic mass is 10.2. The summed E-state index contributed by atoms with van der Waals surface area (Å²) in [6.45, 7) is 4.82. The van der Waals surface area contributed by atoms with E-state index in [2.05, 4.69) is 101 Å². The molecular weight excluding hydrogens is 484 g/mol. The minimum absolute atomic E-state index is 0.0817. The minimum atomic E-state index is -0.121.